The highest BCUT2D eigenvalue weighted by Gasteiger charge is 2.36. The molecular weight excluding hydrogens is 248 g/mol. The van der Waals surface area contributed by atoms with Crippen LogP contribution in [0.4, 0.5) is 5.69 Å². The van der Waals surface area contributed by atoms with Gasteiger partial charge in [-0.2, -0.15) is 0 Å². The van der Waals surface area contributed by atoms with Gasteiger partial charge in [0.1, 0.15) is 0 Å². The number of ether oxygens (including phenoxy) is 1. The lowest BCUT2D eigenvalue weighted by Gasteiger charge is -2.29. The van der Waals surface area contributed by atoms with Gasteiger partial charge in [0, 0.05) is 37.5 Å². The first-order chi connectivity index (χ1) is 9.59. The molecule has 2 unspecified atom stereocenters. The lowest BCUT2D eigenvalue weighted by molar-refractivity contribution is 0.0881. The van der Waals surface area contributed by atoms with Crippen molar-refractivity contribution >= 4 is 5.69 Å². The lowest BCUT2D eigenvalue weighted by Crippen LogP contribution is -2.47. The van der Waals surface area contributed by atoms with E-state index in [0.29, 0.717) is 0 Å². The molecule has 0 amide bonds. The maximum absolute atomic E-state index is 5.67. The summed E-state index contributed by atoms with van der Waals surface area (Å²) in [6.45, 7) is 12.7. The van der Waals surface area contributed by atoms with Crippen molar-refractivity contribution in [3.8, 4) is 0 Å². The summed E-state index contributed by atoms with van der Waals surface area (Å²) in [7, 11) is 0. The molecule has 1 aromatic carbocycles. The molecule has 0 radical (unpaired) electrons. The average Bonchev–Trinajstić information content (AvgIpc) is 2.80. The Morgan fingerprint density at radius 2 is 1.90 bits per heavy atom. The van der Waals surface area contributed by atoms with Gasteiger partial charge in [-0.05, 0) is 51.8 Å². The van der Waals surface area contributed by atoms with Crippen molar-refractivity contribution in [2.24, 2.45) is 0 Å². The van der Waals surface area contributed by atoms with E-state index in [0.717, 1.165) is 32.7 Å². The van der Waals surface area contributed by atoms with Crippen molar-refractivity contribution in [3.63, 3.8) is 0 Å². The summed E-state index contributed by atoms with van der Waals surface area (Å²) < 4.78 is 5.67. The van der Waals surface area contributed by atoms with Crippen molar-refractivity contribution in [1.29, 1.82) is 0 Å². The molecule has 1 aliphatic heterocycles. The zero-order valence-electron chi connectivity index (χ0n) is 13.3. The van der Waals surface area contributed by atoms with E-state index >= 15 is 0 Å². The Hall–Kier alpha value is -1.06. The highest BCUT2D eigenvalue weighted by Crippen LogP contribution is 2.25. The van der Waals surface area contributed by atoms with Gasteiger partial charge in [0.2, 0.25) is 0 Å². The predicted octanol–water partition coefficient (Wildman–Crippen LogP) is 3.19. The van der Waals surface area contributed by atoms with Gasteiger partial charge < -0.3 is 15.0 Å². The van der Waals surface area contributed by atoms with Crippen LogP contribution in [-0.2, 0) is 11.3 Å². The Balaban J connectivity index is 1.94. The summed E-state index contributed by atoms with van der Waals surface area (Å²) in [6.07, 6.45) is 1.38. The van der Waals surface area contributed by atoms with E-state index in [-0.39, 0.29) is 11.6 Å². The largest absolute Gasteiger partial charge is 0.377 e. The van der Waals surface area contributed by atoms with Gasteiger partial charge in [0.25, 0.3) is 0 Å². The molecule has 3 nitrogen and oxygen atoms in total. The monoisotopic (exact) mass is 276 g/mol. The molecule has 0 bridgehead atoms. The summed E-state index contributed by atoms with van der Waals surface area (Å²) in [6, 6.07) is 8.90. The Morgan fingerprint density at radius 1 is 1.25 bits per heavy atom. The minimum absolute atomic E-state index is 0.109. The first-order valence-corrected chi connectivity index (χ1v) is 7.79. The van der Waals surface area contributed by atoms with Crippen LogP contribution in [0.5, 0.6) is 0 Å². The molecule has 112 valence electrons. The molecule has 0 saturated carbocycles. The molecule has 1 N–H and O–H groups in total. The van der Waals surface area contributed by atoms with E-state index in [2.05, 4.69) is 62.2 Å². The third-order valence-corrected chi connectivity index (χ3v) is 4.65. The van der Waals surface area contributed by atoms with Crippen molar-refractivity contribution < 1.29 is 4.74 Å². The third-order valence-electron chi connectivity index (χ3n) is 4.65. The molecule has 1 heterocycles. The first-order valence-electron chi connectivity index (χ1n) is 7.79. The van der Waals surface area contributed by atoms with Crippen molar-refractivity contribution in [2.45, 2.75) is 52.3 Å². The van der Waals surface area contributed by atoms with Crippen LogP contribution in [0.1, 0.15) is 39.7 Å². The maximum atomic E-state index is 5.67. The van der Waals surface area contributed by atoms with E-state index in [1.165, 1.54) is 11.3 Å². The molecule has 3 heteroatoms. The molecule has 0 aliphatic carbocycles. The fourth-order valence-corrected chi connectivity index (χ4v) is 2.78. The molecule has 2 atom stereocenters. The summed E-state index contributed by atoms with van der Waals surface area (Å²) in [4.78, 5) is 2.37. The van der Waals surface area contributed by atoms with E-state index in [1.807, 2.05) is 0 Å². The fraction of sp³-hybridized carbons (Fsp3) is 0.647. The molecular formula is C17H28N2O. The summed E-state index contributed by atoms with van der Waals surface area (Å²) in [5.41, 5.74) is 2.75. The number of rotatable bonds is 6. The van der Waals surface area contributed by atoms with Gasteiger partial charge in [-0.3, -0.25) is 0 Å². The Bertz CT molecular complexity index is 414. The molecule has 1 fully saturated rings. The molecule has 2 rings (SSSR count). The predicted molar refractivity (Wildman–Crippen MR) is 85.3 cm³/mol. The SMILES string of the molecule is CCN(CC)c1ccc(CNC2(C)CCOC2C)cc1. The number of anilines is 1. The number of nitrogens with one attached hydrogen (secondary N) is 1. The van der Waals surface area contributed by atoms with Gasteiger partial charge >= 0.3 is 0 Å². The van der Waals surface area contributed by atoms with Gasteiger partial charge in [-0.25, -0.2) is 0 Å². The summed E-state index contributed by atoms with van der Waals surface area (Å²) in [5.74, 6) is 0. The van der Waals surface area contributed by atoms with Crippen LogP contribution in [0.25, 0.3) is 0 Å². The van der Waals surface area contributed by atoms with Gasteiger partial charge in [-0.15, -0.1) is 0 Å². The second-order valence-electron chi connectivity index (χ2n) is 5.87. The van der Waals surface area contributed by atoms with Crippen LogP contribution in [0.3, 0.4) is 0 Å². The van der Waals surface area contributed by atoms with Gasteiger partial charge in [0.05, 0.1) is 6.10 Å². The maximum Gasteiger partial charge on any atom is 0.0726 e. The first kappa shape index (κ1) is 15.3. The summed E-state index contributed by atoms with van der Waals surface area (Å²) in [5, 5.41) is 3.66. The minimum atomic E-state index is 0.109. The van der Waals surface area contributed by atoms with E-state index in [4.69, 9.17) is 4.74 Å². The standard InChI is InChI=1S/C17H28N2O/c1-5-19(6-2)16-9-7-15(8-10-16)13-18-17(4)11-12-20-14(17)3/h7-10,14,18H,5-6,11-13H2,1-4H3. The Kier molecular flexibility index (Phi) is 5.06. The van der Waals surface area contributed by atoms with Gasteiger partial charge in [0.15, 0.2) is 0 Å². The molecule has 1 saturated heterocycles. The van der Waals surface area contributed by atoms with E-state index in [9.17, 15) is 0 Å². The average molecular weight is 276 g/mol. The van der Waals surface area contributed by atoms with E-state index in [1.54, 1.807) is 0 Å². The van der Waals surface area contributed by atoms with E-state index < -0.39 is 0 Å². The van der Waals surface area contributed by atoms with Crippen LogP contribution in [-0.4, -0.2) is 31.3 Å². The molecule has 1 aliphatic rings. The highest BCUT2D eigenvalue weighted by atomic mass is 16.5. The van der Waals surface area contributed by atoms with Crippen LogP contribution in [0.15, 0.2) is 24.3 Å². The van der Waals surface area contributed by atoms with Crippen molar-refractivity contribution in [3.05, 3.63) is 29.8 Å². The second kappa shape index (κ2) is 6.59. The molecule has 0 aromatic heterocycles. The Labute approximate surface area is 123 Å². The number of benzene rings is 1. The zero-order valence-corrected chi connectivity index (χ0v) is 13.3. The van der Waals surface area contributed by atoms with Crippen LogP contribution in [0.2, 0.25) is 0 Å². The van der Waals surface area contributed by atoms with Crippen molar-refractivity contribution in [1.82, 2.24) is 5.32 Å². The molecule has 0 spiro atoms. The fourth-order valence-electron chi connectivity index (χ4n) is 2.78. The second-order valence-corrected chi connectivity index (χ2v) is 5.87. The number of hydrogen-bond donors (Lipinski definition) is 1. The third kappa shape index (κ3) is 3.33. The minimum Gasteiger partial charge on any atom is -0.377 e. The normalized spacial score (nSPS) is 25.9. The van der Waals surface area contributed by atoms with Crippen LogP contribution in [0, 0.1) is 0 Å². The van der Waals surface area contributed by atoms with Crippen molar-refractivity contribution in [2.75, 3.05) is 24.6 Å². The topological polar surface area (TPSA) is 24.5 Å². The van der Waals surface area contributed by atoms with Crippen LogP contribution < -0.4 is 10.2 Å². The highest BCUT2D eigenvalue weighted by molar-refractivity contribution is 5.47. The molecule has 20 heavy (non-hydrogen) atoms. The van der Waals surface area contributed by atoms with Gasteiger partial charge in [-0.1, -0.05) is 12.1 Å². The zero-order chi connectivity index (χ0) is 14.6. The van der Waals surface area contributed by atoms with Crippen LogP contribution >= 0.6 is 0 Å². The number of nitrogens with zero attached hydrogens (tertiary/aromatic N) is 1. The Morgan fingerprint density at radius 3 is 2.40 bits per heavy atom. The smallest absolute Gasteiger partial charge is 0.0726 e. The quantitative estimate of drug-likeness (QED) is 0.863. The molecule has 1 aromatic rings. The number of hydrogen-bond acceptors (Lipinski definition) is 3. The summed E-state index contributed by atoms with van der Waals surface area (Å²) >= 11 is 0. The lowest BCUT2D eigenvalue weighted by atomic mass is 9.94.